The molecule has 0 bridgehead atoms. The van der Waals surface area contributed by atoms with Gasteiger partial charge in [0.15, 0.2) is 0 Å². The lowest BCUT2D eigenvalue weighted by molar-refractivity contribution is 0.844. The number of rotatable bonds is 2. The Hall–Kier alpha value is -1.51. The number of aromatic amines is 1. The number of nitrogens with one attached hydrogen (secondary N) is 1. The van der Waals surface area contributed by atoms with Crippen LogP contribution in [0.25, 0.3) is 10.6 Å². The van der Waals surface area contributed by atoms with Crippen molar-refractivity contribution < 1.29 is 0 Å². The second-order valence-corrected chi connectivity index (χ2v) is 5.40. The predicted molar refractivity (Wildman–Crippen MR) is 71.5 cm³/mol. The lowest BCUT2D eigenvalue weighted by Gasteiger charge is -2.10. The summed E-state index contributed by atoms with van der Waals surface area (Å²) >= 11 is 6.72. The van der Waals surface area contributed by atoms with E-state index in [1.165, 1.54) is 11.3 Å². The average molecular weight is 261 g/mol. The van der Waals surface area contributed by atoms with Gasteiger partial charge in [-0.1, -0.05) is 26.1 Å². The van der Waals surface area contributed by atoms with Gasteiger partial charge in [0.1, 0.15) is 15.6 Å². The molecule has 17 heavy (non-hydrogen) atoms. The van der Waals surface area contributed by atoms with Crippen LogP contribution in [-0.2, 0) is 0 Å². The SMILES string of the molecule is CC(C)c1c(-c2ccc(C#N)s2)[nH]cnc1=S. The van der Waals surface area contributed by atoms with E-state index < -0.39 is 0 Å². The summed E-state index contributed by atoms with van der Waals surface area (Å²) in [7, 11) is 0. The first kappa shape index (κ1) is 12.0. The van der Waals surface area contributed by atoms with Crippen LogP contribution in [0.4, 0.5) is 0 Å². The van der Waals surface area contributed by atoms with Crippen LogP contribution in [0.15, 0.2) is 18.5 Å². The Kier molecular flexibility index (Phi) is 3.36. The van der Waals surface area contributed by atoms with Crippen LogP contribution in [0, 0.1) is 16.0 Å². The lowest BCUT2D eigenvalue weighted by atomic mass is 10.0. The number of nitrogens with zero attached hydrogens (tertiary/aromatic N) is 2. The van der Waals surface area contributed by atoms with Crippen LogP contribution in [0.3, 0.4) is 0 Å². The molecule has 0 unspecified atom stereocenters. The number of thiophene rings is 1. The molecule has 0 saturated heterocycles. The second kappa shape index (κ2) is 4.78. The van der Waals surface area contributed by atoms with E-state index >= 15 is 0 Å². The van der Waals surface area contributed by atoms with Gasteiger partial charge in [-0.3, -0.25) is 0 Å². The van der Waals surface area contributed by atoms with Gasteiger partial charge in [-0.05, 0) is 18.1 Å². The fourth-order valence-electron chi connectivity index (χ4n) is 1.68. The zero-order valence-corrected chi connectivity index (χ0v) is 11.2. The van der Waals surface area contributed by atoms with E-state index in [2.05, 4.69) is 29.9 Å². The molecule has 0 aliphatic carbocycles. The van der Waals surface area contributed by atoms with E-state index in [4.69, 9.17) is 17.5 Å². The van der Waals surface area contributed by atoms with E-state index in [1.54, 1.807) is 6.33 Å². The molecule has 0 spiro atoms. The molecule has 0 aliphatic heterocycles. The third kappa shape index (κ3) is 2.28. The Bertz CT molecular complexity index is 632. The van der Waals surface area contributed by atoms with Crippen molar-refractivity contribution in [1.29, 1.82) is 5.26 Å². The highest BCUT2D eigenvalue weighted by atomic mass is 32.1. The Morgan fingerprint density at radius 1 is 1.47 bits per heavy atom. The summed E-state index contributed by atoms with van der Waals surface area (Å²) < 4.78 is 0.626. The van der Waals surface area contributed by atoms with Gasteiger partial charge in [-0.25, -0.2) is 4.98 Å². The summed E-state index contributed by atoms with van der Waals surface area (Å²) in [5.74, 6) is 0.301. The normalized spacial score (nSPS) is 10.5. The fourth-order valence-corrected chi connectivity index (χ4v) is 2.90. The molecule has 3 nitrogen and oxygen atoms in total. The van der Waals surface area contributed by atoms with Crippen LogP contribution in [0.1, 0.15) is 30.2 Å². The molecule has 5 heteroatoms. The number of H-pyrrole nitrogens is 1. The summed E-state index contributed by atoms with van der Waals surface area (Å²) in [5.41, 5.74) is 2.01. The Morgan fingerprint density at radius 2 is 2.24 bits per heavy atom. The first-order valence-electron chi connectivity index (χ1n) is 5.21. The Labute approximate surface area is 109 Å². The van der Waals surface area contributed by atoms with Gasteiger partial charge >= 0.3 is 0 Å². The van der Waals surface area contributed by atoms with Crippen molar-refractivity contribution in [2.24, 2.45) is 0 Å². The van der Waals surface area contributed by atoms with Gasteiger partial charge in [-0.15, -0.1) is 11.3 Å². The lowest BCUT2D eigenvalue weighted by Crippen LogP contribution is -1.97. The van der Waals surface area contributed by atoms with Crippen molar-refractivity contribution in [3.8, 4) is 16.6 Å². The second-order valence-electron chi connectivity index (χ2n) is 3.93. The van der Waals surface area contributed by atoms with E-state index in [9.17, 15) is 0 Å². The summed E-state index contributed by atoms with van der Waals surface area (Å²) in [6, 6.07) is 5.90. The minimum absolute atomic E-state index is 0.301. The first-order valence-corrected chi connectivity index (χ1v) is 6.44. The van der Waals surface area contributed by atoms with Crippen LogP contribution in [0.2, 0.25) is 0 Å². The maximum Gasteiger partial charge on any atom is 0.133 e. The summed E-state index contributed by atoms with van der Waals surface area (Å²) in [6.45, 7) is 4.17. The van der Waals surface area contributed by atoms with E-state index in [0.717, 1.165) is 16.1 Å². The Balaban J connectivity index is 2.64. The topological polar surface area (TPSA) is 52.5 Å². The quantitative estimate of drug-likeness (QED) is 0.835. The van der Waals surface area contributed by atoms with Crippen molar-refractivity contribution in [3.05, 3.63) is 33.5 Å². The van der Waals surface area contributed by atoms with Crippen LogP contribution < -0.4 is 0 Å². The van der Waals surface area contributed by atoms with E-state index in [-0.39, 0.29) is 0 Å². The molecular formula is C12H11N3S2. The third-order valence-corrected chi connectivity index (χ3v) is 3.76. The molecule has 2 aromatic heterocycles. The summed E-state index contributed by atoms with van der Waals surface area (Å²) in [5, 5.41) is 8.85. The highest BCUT2D eigenvalue weighted by Gasteiger charge is 2.13. The summed E-state index contributed by atoms with van der Waals surface area (Å²) in [6.07, 6.45) is 1.61. The molecule has 0 saturated carbocycles. The van der Waals surface area contributed by atoms with Gasteiger partial charge < -0.3 is 4.98 Å². The predicted octanol–water partition coefficient (Wildman–Crippen LogP) is 3.86. The van der Waals surface area contributed by atoms with Gasteiger partial charge in [0.2, 0.25) is 0 Å². The number of nitriles is 1. The molecule has 0 fully saturated rings. The van der Waals surface area contributed by atoms with Crippen LogP contribution >= 0.6 is 23.6 Å². The molecule has 0 aromatic carbocycles. The maximum atomic E-state index is 8.85. The summed E-state index contributed by atoms with van der Waals surface area (Å²) in [4.78, 5) is 8.97. The third-order valence-electron chi connectivity index (χ3n) is 2.43. The highest BCUT2D eigenvalue weighted by molar-refractivity contribution is 7.71. The minimum atomic E-state index is 0.301. The van der Waals surface area contributed by atoms with E-state index in [1.807, 2.05) is 12.1 Å². The van der Waals surface area contributed by atoms with Gasteiger partial charge in [-0.2, -0.15) is 5.26 Å². The first-order chi connectivity index (χ1) is 8.13. The van der Waals surface area contributed by atoms with Gasteiger partial charge in [0.25, 0.3) is 0 Å². The standard InChI is InChI=1S/C12H11N3S2/c1-7(2)10-11(14-6-15-12(10)16)9-4-3-8(5-13)17-9/h3-4,6-7H,1-2H3,(H,14,15,16). The fraction of sp³-hybridized carbons (Fsp3) is 0.250. The Morgan fingerprint density at radius 3 is 2.82 bits per heavy atom. The molecule has 0 atom stereocenters. The molecule has 0 amide bonds. The zero-order chi connectivity index (χ0) is 12.4. The molecule has 2 rings (SSSR count). The molecule has 2 aromatic rings. The van der Waals surface area contributed by atoms with Crippen molar-refractivity contribution >= 4 is 23.6 Å². The van der Waals surface area contributed by atoms with Crippen LogP contribution in [0.5, 0.6) is 0 Å². The van der Waals surface area contributed by atoms with Crippen molar-refractivity contribution in [2.45, 2.75) is 19.8 Å². The molecule has 0 radical (unpaired) electrons. The zero-order valence-electron chi connectivity index (χ0n) is 9.52. The number of aromatic nitrogens is 2. The van der Waals surface area contributed by atoms with Crippen molar-refractivity contribution in [3.63, 3.8) is 0 Å². The maximum absolute atomic E-state index is 8.85. The van der Waals surface area contributed by atoms with Crippen molar-refractivity contribution in [2.75, 3.05) is 0 Å². The van der Waals surface area contributed by atoms with Gasteiger partial charge in [0.05, 0.1) is 16.9 Å². The smallest absolute Gasteiger partial charge is 0.133 e. The number of hydrogen-bond acceptors (Lipinski definition) is 4. The minimum Gasteiger partial charge on any atom is -0.345 e. The molecule has 1 N–H and O–H groups in total. The molecular weight excluding hydrogens is 250 g/mol. The van der Waals surface area contributed by atoms with Gasteiger partial charge in [0, 0.05) is 5.56 Å². The number of hydrogen-bond donors (Lipinski definition) is 1. The van der Waals surface area contributed by atoms with Crippen LogP contribution in [-0.4, -0.2) is 9.97 Å². The molecule has 86 valence electrons. The monoisotopic (exact) mass is 261 g/mol. The molecule has 0 aliphatic rings. The average Bonchev–Trinajstić information content (AvgIpc) is 2.76. The van der Waals surface area contributed by atoms with Crippen molar-refractivity contribution in [1.82, 2.24) is 9.97 Å². The molecule has 2 heterocycles. The largest absolute Gasteiger partial charge is 0.345 e. The van der Waals surface area contributed by atoms with E-state index in [0.29, 0.717) is 15.4 Å². The highest BCUT2D eigenvalue weighted by Crippen LogP contribution is 2.32.